The zero-order valence-corrected chi connectivity index (χ0v) is 8.36. The number of aldehydes is 1. The number of carboxylic acids is 1. The van der Waals surface area contributed by atoms with E-state index in [0.29, 0.717) is 12.0 Å². The molecule has 5 heteroatoms. The lowest BCUT2D eigenvalue weighted by Gasteiger charge is -2.00. The Morgan fingerprint density at radius 3 is 2.40 bits per heavy atom. The summed E-state index contributed by atoms with van der Waals surface area (Å²) in [6.45, 7) is 0. The average molecular weight is 226 g/mol. The standard InChI is InChI=1S/C10H8ClNO3/c11-8(6-13)5-12-9-3-1-7(2-4-9)10(14)15/h1-6,12H,(H,14,15)/b8-5-. The van der Waals surface area contributed by atoms with E-state index in [2.05, 4.69) is 5.32 Å². The quantitative estimate of drug-likeness (QED) is 0.608. The lowest BCUT2D eigenvalue weighted by molar-refractivity contribution is -0.104. The van der Waals surface area contributed by atoms with Gasteiger partial charge in [0.15, 0.2) is 6.29 Å². The maximum Gasteiger partial charge on any atom is 0.335 e. The van der Waals surface area contributed by atoms with Gasteiger partial charge in [-0.05, 0) is 24.3 Å². The van der Waals surface area contributed by atoms with Crippen LogP contribution in [0.15, 0.2) is 35.5 Å². The first-order chi connectivity index (χ1) is 7.13. The Morgan fingerprint density at radius 1 is 1.33 bits per heavy atom. The van der Waals surface area contributed by atoms with E-state index in [-0.39, 0.29) is 10.6 Å². The Morgan fingerprint density at radius 2 is 1.93 bits per heavy atom. The summed E-state index contributed by atoms with van der Waals surface area (Å²) < 4.78 is 0. The number of carbonyl (C=O) groups excluding carboxylic acids is 1. The molecule has 0 heterocycles. The van der Waals surface area contributed by atoms with Crippen LogP contribution in [0, 0.1) is 0 Å². The number of benzene rings is 1. The molecule has 15 heavy (non-hydrogen) atoms. The number of aromatic carboxylic acids is 1. The van der Waals surface area contributed by atoms with Gasteiger partial charge >= 0.3 is 5.97 Å². The van der Waals surface area contributed by atoms with Gasteiger partial charge in [-0.1, -0.05) is 11.6 Å². The van der Waals surface area contributed by atoms with Crippen molar-refractivity contribution in [2.45, 2.75) is 0 Å². The summed E-state index contributed by atoms with van der Waals surface area (Å²) in [5.74, 6) is -0.983. The topological polar surface area (TPSA) is 66.4 Å². The van der Waals surface area contributed by atoms with Gasteiger partial charge in [0.2, 0.25) is 0 Å². The minimum absolute atomic E-state index is 0.0392. The van der Waals surface area contributed by atoms with Crippen LogP contribution in [0.5, 0.6) is 0 Å². The van der Waals surface area contributed by atoms with Gasteiger partial charge in [0.05, 0.1) is 10.6 Å². The van der Waals surface area contributed by atoms with Gasteiger partial charge in [0, 0.05) is 11.9 Å². The zero-order valence-electron chi connectivity index (χ0n) is 7.61. The Hall–Kier alpha value is -1.81. The van der Waals surface area contributed by atoms with E-state index < -0.39 is 5.97 Å². The van der Waals surface area contributed by atoms with Gasteiger partial charge < -0.3 is 10.4 Å². The summed E-state index contributed by atoms with van der Waals surface area (Å²) in [5.41, 5.74) is 0.853. The Labute approximate surface area is 91.2 Å². The molecule has 0 saturated heterocycles. The van der Waals surface area contributed by atoms with Gasteiger partial charge in [0.1, 0.15) is 0 Å². The fourth-order valence-electron chi connectivity index (χ4n) is 0.895. The number of allylic oxidation sites excluding steroid dienone is 1. The molecule has 0 radical (unpaired) electrons. The smallest absolute Gasteiger partial charge is 0.335 e. The van der Waals surface area contributed by atoms with Crippen molar-refractivity contribution in [2.24, 2.45) is 0 Å². The second-order valence-corrected chi connectivity index (χ2v) is 3.11. The maximum absolute atomic E-state index is 10.5. The van der Waals surface area contributed by atoms with Crippen LogP contribution < -0.4 is 5.32 Å². The third-order valence-corrected chi connectivity index (χ3v) is 1.82. The van der Waals surface area contributed by atoms with Crippen LogP contribution in [0.4, 0.5) is 5.69 Å². The molecule has 0 spiro atoms. The van der Waals surface area contributed by atoms with E-state index >= 15 is 0 Å². The van der Waals surface area contributed by atoms with E-state index in [1.807, 2.05) is 0 Å². The second-order valence-electron chi connectivity index (χ2n) is 2.67. The molecule has 4 nitrogen and oxygen atoms in total. The van der Waals surface area contributed by atoms with Crippen LogP contribution in [-0.2, 0) is 4.79 Å². The van der Waals surface area contributed by atoms with Gasteiger partial charge in [-0.25, -0.2) is 4.79 Å². The van der Waals surface area contributed by atoms with Gasteiger partial charge in [0.25, 0.3) is 0 Å². The van der Waals surface area contributed by atoms with Crippen molar-refractivity contribution in [3.8, 4) is 0 Å². The fraction of sp³-hybridized carbons (Fsp3) is 0. The van der Waals surface area contributed by atoms with Crippen molar-refractivity contribution < 1.29 is 14.7 Å². The molecule has 0 fully saturated rings. The molecule has 1 aromatic carbocycles. The molecule has 0 atom stereocenters. The minimum Gasteiger partial charge on any atom is -0.478 e. The third kappa shape index (κ3) is 3.44. The number of nitrogens with one attached hydrogen (secondary N) is 1. The van der Waals surface area contributed by atoms with Crippen LogP contribution in [0.3, 0.4) is 0 Å². The number of carboxylic acid groups (broad SMARTS) is 1. The molecule has 0 unspecified atom stereocenters. The minimum atomic E-state index is -0.983. The van der Waals surface area contributed by atoms with Crippen molar-refractivity contribution in [3.63, 3.8) is 0 Å². The second kappa shape index (κ2) is 5.17. The predicted molar refractivity (Wildman–Crippen MR) is 57.0 cm³/mol. The average Bonchev–Trinajstić information content (AvgIpc) is 2.26. The molecule has 0 aromatic heterocycles. The number of anilines is 1. The Balaban J connectivity index is 2.73. The van der Waals surface area contributed by atoms with Crippen LogP contribution >= 0.6 is 11.6 Å². The van der Waals surface area contributed by atoms with Crippen molar-refractivity contribution in [1.29, 1.82) is 0 Å². The lowest BCUT2D eigenvalue weighted by atomic mass is 10.2. The van der Waals surface area contributed by atoms with Gasteiger partial charge in [-0.3, -0.25) is 4.79 Å². The number of hydrogen-bond donors (Lipinski definition) is 2. The van der Waals surface area contributed by atoms with Crippen LogP contribution in [0.2, 0.25) is 0 Å². The highest BCUT2D eigenvalue weighted by molar-refractivity contribution is 6.38. The summed E-state index contributed by atoms with van der Waals surface area (Å²) in [5, 5.41) is 11.4. The fourth-order valence-corrected chi connectivity index (χ4v) is 0.950. The molecule has 1 aromatic rings. The summed E-state index contributed by atoms with van der Waals surface area (Å²) in [4.78, 5) is 20.7. The Kier molecular flexibility index (Phi) is 3.88. The molecule has 0 amide bonds. The lowest BCUT2D eigenvalue weighted by Crippen LogP contribution is -1.96. The van der Waals surface area contributed by atoms with Gasteiger partial charge in [-0.15, -0.1) is 0 Å². The van der Waals surface area contributed by atoms with Crippen LogP contribution in [0.1, 0.15) is 10.4 Å². The SMILES string of the molecule is O=C/C(Cl)=C/Nc1ccc(C(=O)O)cc1. The predicted octanol–water partition coefficient (Wildman–Crippen LogP) is 2.08. The molecule has 1 rings (SSSR count). The third-order valence-electron chi connectivity index (χ3n) is 1.62. The van der Waals surface area contributed by atoms with E-state index in [1.54, 1.807) is 12.1 Å². The highest BCUT2D eigenvalue weighted by Gasteiger charge is 2.00. The molecular formula is C10H8ClNO3. The normalized spacial score (nSPS) is 10.9. The van der Waals surface area contributed by atoms with Crippen molar-refractivity contribution in [1.82, 2.24) is 0 Å². The molecule has 0 aliphatic carbocycles. The molecule has 0 aliphatic rings. The first kappa shape index (κ1) is 11.3. The summed E-state index contributed by atoms with van der Waals surface area (Å²) in [7, 11) is 0. The van der Waals surface area contributed by atoms with E-state index in [0.717, 1.165) is 0 Å². The van der Waals surface area contributed by atoms with Crippen LogP contribution in [-0.4, -0.2) is 17.4 Å². The molecule has 0 saturated carbocycles. The first-order valence-electron chi connectivity index (χ1n) is 4.04. The first-order valence-corrected chi connectivity index (χ1v) is 4.42. The summed E-state index contributed by atoms with van der Waals surface area (Å²) in [6.07, 6.45) is 1.82. The number of hydrogen-bond acceptors (Lipinski definition) is 3. The van der Waals surface area contributed by atoms with E-state index in [1.165, 1.54) is 18.3 Å². The molecule has 78 valence electrons. The molecule has 0 aliphatic heterocycles. The van der Waals surface area contributed by atoms with E-state index in [9.17, 15) is 9.59 Å². The van der Waals surface area contributed by atoms with Gasteiger partial charge in [-0.2, -0.15) is 0 Å². The highest BCUT2D eigenvalue weighted by atomic mass is 35.5. The molecule has 0 bridgehead atoms. The largest absolute Gasteiger partial charge is 0.478 e. The summed E-state index contributed by atoms with van der Waals surface area (Å²) in [6, 6.07) is 6.06. The summed E-state index contributed by atoms with van der Waals surface area (Å²) >= 11 is 5.43. The van der Waals surface area contributed by atoms with Crippen molar-refractivity contribution in [2.75, 3.05) is 5.32 Å². The molecular weight excluding hydrogens is 218 g/mol. The number of carbonyl (C=O) groups is 2. The van der Waals surface area contributed by atoms with Crippen molar-refractivity contribution >= 4 is 29.5 Å². The zero-order chi connectivity index (χ0) is 11.3. The number of rotatable bonds is 4. The van der Waals surface area contributed by atoms with Crippen molar-refractivity contribution in [3.05, 3.63) is 41.1 Å². The monoisotopic (exact) mass is 225 g/mol. The highest BCUT2D eigenvalue weighted by Crippen LogP contribution is 2.10. The maximum atomic E-state index is 10.5. The number of halogens is 1. The van der Waals surface area contributed by atoms with Crippen LogP contribution in [0.25, 0.3) is 0 Å². The molecule has 2 N–H and O–H groups in total. The Bertz CT molecular complexity index is 398. The van der Waals surface area contributed by atoms with E-state index in [4.69, 9.17) is 16.7 Å².